The van der Waals surface area contributed by atoms with Crippen LogP contribution >= 0.6 is 0 Å². The van der Waals surface area contributed by atoms with E-state index in [4.69, 9.17) is 5.11 Å². The molecule has 0 aliphatic heterocycles. The summed E-state index contributed by atoms with van der Waals surface area (Å²) in [5.74, 6) is 0.694. The number of carbonyl (C=O) groups excluding carboxylic acids is 1. The lowest BCUT2D eigenvalue weighted by Crippen LogP contribution is -2.30. The molecule has 0 aromatic rings. The van der Waals surface area contributed by atoms with Gasteiger partial charge < -0.3 is 10.4 Å². The summed E-state index contributed by atoms with van der Waals surface area (Å²) in [5, 5.41) is 11.5. The lowest BCUT2D eigenvalue weighted by molar-refractivity contribution is -0.122. The smallest absolute Gasteiger partial charge is 0.220 e. The zero-order chi connectivity index (χ0) is 10.3. The molecule has 3 nitrogen and oxygen atoms in total. The molecule has 0 spiro atoms. The van der Waals surface area contributed by atoms with Crippen molar-refractivity contribution < 1.29 is 9.90 Å². The van der Waals surface area contributed by atoms with Gasteiger partial charge in [-0.1, -0.05) is 27.2 Å². The van der Waals surface area contributed by atoms with Gasteiger partial charge in [-0.2, -0.15) is 0 Å². The van der Waals surface area contributed by atoms with Crippen LogP contribution in [-0.4, -0.2) is 24.2 Å². The van der Waals surface area contributed by atoms with Crippen molar-refractivity contribution >= 4 is 5.91 Å². The van der Waals surface area contributed by atoms with Crippen LogP contribution in [0.3, 0.4) is 0 Å². The van der Waals surface area contributed by atoms with E-state index in [-0.39, 0.29) is 18.4 Å². The standard InChI is InChI=1S/C10H21NO2/c1-4-8(2)5-10(13)11-6-9(3)7-12/h8-9,12H,4-7H2,1-3H3,(H,11,13). The van der Waals surface area contributed by atoms with E-state index in [2.05, 4.69) is 19.2 Å². The van der Waals surface area contributed by atoms with Gasteiger partial charge in [-0.15, -0.1) is 0 Å². The third-order valence-electron chi connectivity index (χ3n) is 2.19. The first-order valence-corrected chi connectivity index (χ1v) is 4.97. The molecular formula is C10H21NO2. The van der Waals surface area contributed by atoms with Crippen molar-refractivity contribution in [1.82, 2.24) is 5.32 Å². The Morgan fingerprint density at radius 1 is 1.38 bits per heavy atom. The fraction of sp³-hybridized carbons (Fsp3) is 0.900. The average Bonchev–Trinajstić information content (AvgIpc) is 2.13. The summed E-state index contributed by atoms with van der Waals surface area (Å²) in [5.41, 5.74) is 0. The summed E-state index contributed by atoms with van der Waals surface area (Å²) < 4.78 is 0. The molecule has 0 aromatic carbocycles. The second-order valence-corrected chi connectivity index (χ2v) is 3.81. The molecule has 0 radical (unpaired) electrons. The van der Waals surface area contributed by atoms with Crippen LogP contribution in [-0.2, 0) is 4.79 Å². The van der Waals surface area contributed by atoms with Crippen molar-refractivity contribution in [3.8, 4) is 0 Å². The number of hydrogen-bond donors (Lipinski definition) is 2. The molecule has 13 heavy (non-hydrogen) atoms. The minimum atomic E-state index is 0.0923. The molecule has 0 bridgehead atoms. The molecule has 78 valence electrons. The highest BCUT2D eigenvalue weighted by molar-refractivity contribution is 5.76. The lowest BCUT2D eigenvalue weighted by atomic mass is 10.0. The van der Waals surface area contributed by atoms with Gasteiger partial charge in [0.2, 0.25) is 5.91 Å². The predicted octanol–water partition coefficient (Wildman–Crippen LogP) is 1.17. The third-order valence-corrected chi connectivity index (χ3v) is 2.19. The number of carbonyl (C=O) groups is 1. The molecule has 2 atom stereocenters. The van der Waals surface area contributed by atoms with Crippen molar-refractivity contribution in [2.24, 2.45) is 11.8 Å². The molecule has 0 rings (SSSR count). The van der Waals surface area contributed by atoms with E-state index >= 15 is 0 Å². The maximum absolute atomic E-state index is 11.2. The largest absolute Gasteiger partial charge is 0.396 e. The van der Waals surface area contributed by atoms with Gasteiger partial charge in [0, 0.05) is 19.6 Å². The highest BCUT2D eigenvalue weighted by Gasteiger charge is 2.07. The highest BCUT2D eigenvalue weighted by atomic mass is 16.3. The number of rotatable bonds is 6. The van der Waals surface area contributed by atoms with Crippen molar-refractivity contribution in [3.05, 3.63) is 0 Å². The Hall–Kier alpha value is -0.570. The molecule has 0 fully saturated rings. The summed E-state index contributed by atoms with van der Waals surface area (Å²) >= 11 is 0. The Kier molecular flexibility index (Phi) is 6.59. The molecule has 1 amide bonds. The lowest BCUT2D eigenvalue weighted by Gasteiger charge is -2.11. The Morgan fingerprint density at radius 3 is 2.46 bits per heavy atom. The van der Waals surface area contributed by atoms with Crippen LogP contribution in [0.1, 0.15) is 33.6 Å². The number of hydrogen-bond acceptors (Lipinski definition) is 2. The van der Waals surface area contributed by atoms with E-state index in [9.17, 15) is 4.79 Å². The minimum Gasteiger partial charge on any atom is -0.396 e. The fourth-order valence-electron chi connectivity index (χ4n) is 0.886. The summed E-state index contributed by atoms with van der Waals surface area (Å²) in [4.78, 5) is 11.2. The topological polar surface area (TPSA) is 49.3 Å². The molecule has 0 saturated heterocycles. The Labute approximate surface area is 80.5 Å². The highest BCUT2D eigenvalue weighted by Crippen LogP contribution is 2.05. The first-order chi connectivity index (χ1) is 6.10. The van der Waals surface area contributed by atoms with Crippen LogP contribution in [0.25, 0.3) is 0 Å². The molecule has 2 N–H and O–H groups in total. The summed E-state index contributed by atoms with van der Waals surface area (Å²) in [6, 6.07) is 0. The van der Waals surface area contributed by atoms with Gasteiger partial charge in [0.15, 0.2) is 0 Å². The second-order valence-electron chi connectivity index (χ2n) is 3.81. The van der Waals surface area contributed by atoms with Gasteiger partial charge in [-0.05, 0) is 11.8 Å². The van der Waals surface area contributed by atoms with Gasteiger partial charge in [0.05, 0.1) is 0 Å². The molecule has 0 aliphatic carbocycles. The van der Waals surface area contributed by atoms with Crippen LogP contribution < -0.4 is 5.32 Å². The van der Waals surface area contributed by atoms with E-state index in [0.29, 0.717) is 18.9 Å². The van der Waals surface area contributed by atoms with Crippen LogP contribution in [0.5, 0.6) is 0 Å². The maximum atomic E-state index is 11.2. The van der Waals surface area contributed by atoms with Gasteiger partial charge in [0.25, 0.3) is 0 Å². The minimum absolute atomic E-state index is 0.0923. The summed E-state index contributed by atoms with van der Waals surface area (Å²) in [6.45, 7) is 6.75. The van der Waals surface area contributed by atoms with Crippen molar-refractivity contribution in [2.75, 3.05) is 13.2 Å². The zero-order valence-electron chi connectivity index (χ0n) is 8.84. The fourth-order valence-corrected chi connectivity index (χ4v) is 0.886. The van der Waals surface area contributed by atoms with Gasteiger partial charge >= 0.3 is 0 Å². The number of aliphatic hydroxyl groups excluding tert-OH is 1. The predicted molar refractivity (Wildman–Crippen MR) is 53.3 cm³/mol. The molecular weight excluding hydrogens is 166 g/mol. The third kappa shape index (κ3) is 6.58. The van der Waals surface area contributed by atoms with Gasteiger partial charge in [-0.25, -0.2) is 0 Å². The van der Waals surface area contributed by atoms with E-state index in [1.807, 2.05) is 6.92 Å². The number of aliphatic hydroxyl groups is 1. The summed E-state index contributed by atoms with van der Waals surface area (Å²) in [6.07, 6.45) is 1.62. The van der Waals surface area contributed by atoms with Gasteiger partial charge in [0.1, 0.15) is 0 Å². The van der Waals surface area contributed by atoms with E-state index < -0.39 is 0 Å². The number of amides is 1. The Morgan fingerprint density at radius 2 is 2.00 bits per heavy atom. The van der Waals surface area contributed by atoms with Crippen molar-refractivity contribution in [2.45, 2.75) is 33.6 Å². The first-order valence-electron chi connectivity index (χ1n) is 4.97. The van der Waals surface area contributed by atoms with Crippen LogP contribution in [0, 0.1) is 11.8 Å². The first kappa shape index (κ1) is 12.4. The Balaban J connectivity index is 3.51. The Bertz CT molecular complexity index is 148. The summed E-state index contributed by atoms with van der Waals surface area (Å²) in [7, 11) is 0. The van der Waals surface area contributed by atoms with Crippen LogP contribution in [0.4, 0.5) is 0 Å². The monoisotopic (exact) mass is 187 g/mol. The number of nitrogens with one attached hydrogen (secondary N) is 1. The SMILES string of the molecule is CCC(C)CC(=O)NCC(C)CO. The second kappa shape index (κ2) is 6.89. The zero-order valence-corrected chi connectivity index (χ0v) is 8.84. The van der Waals surface area contributed by atoms with Crippen molar-refractivity contribution in [1.29, 1.82) is 0 Å². The van der Waals surface area contributed by atoms with Crippen molar-refractivity contribution in [3.63, 3.8) is 0 Å². The van der Waals surface area contributed by atoms with E-state index in [1.54, 1.807) is 0 Å². The van der Waals surface area contributed by atoms with Gasteiger partial charge in [-0.3, -0.25) is 4.79 Å². The molecule has 2 unspecified atom stereocenters. The molecule has 0 aromatic heterocycles. The van der Waals surface area contributed by atoms with Crippen LogP contribution in [0.2, 0.25) is 0 Å². The maximum Gasteiger partial charge on any atom is 0.220 e. The average molecular weight is 187 g/mol. The normalized spacial score (nSPS) is 15.1. The molecule has 0 heterocycles. The van der Waals surface area contributed by atoms with E-state index in [1.165, 1.54) is 0 Å². The molecule has 0 saturated carbocycles. The van der Waals surface area contributed by atoms with E-state index in [0.717, 1.165) is 6.42 Å². The van der Waals surface area contributed by atoms with Crippen LogP contribution in [0.15, 0.2) is 0 Å². The quantitative estimate of drug-likeness (QED) is 0.655. The molecule has 0 aliphatic rings. The molecule has 3 heteroatoms.